The van der Waals surface area contributed by atoms with Gasteiger partial charge >= 0.3 is 0 Å². The number of hydrogen-bond acceptors (Lipinski definition) is 13. The van der Waals surface area contributed by atoms with Crippen LogP contribution in [0.25, 0.3) is 16.5 Å². The maximum atomic E-state index is 12.9. The van der Waals surface area contributed by atoms with Gasteiger partial charge in [-0.2, -0.15) is 8.97 Å². The van der Waals surface area contributed by atoms with Gasteiger partial charge in [-0.3, -0.25) is 20.5 Å². The van der Waals surface area contributed by atoms with Crippen LogP contribution < -0.4 is 21.6 Å². The minimum Gasteiger partial charge on any atom is -0.505 e. The number of rotatable bonds is 27. The lowest BCUT2D eigenvalue weighted by Crippen LogP contribution is -2.11. The van der Waals surface area contributed by atoms with E-state index in [2.05, 4.69) is 44.0 Å². The van der Waals surface area contributed by atoms with Gasteiger partial charge in [0.25, 0.3) is 0 Å². The highest BCUT2D eigenvalue weighted by Crippen LogP contribution is 2.45. The van der Waals surface area contributed by atoms with Crippen molar-refractivity contribution in [3.8, 4) is 11.4 Å². The second kappa shape index (κ2) is 25.2. The molecule has 2 amide bonds. The van der Waals surface area contributed by atoms with Crippen LogP contribution in [0.1, 0.15) is 110 Å². The minimum absolute atomic E-state index is 0.0249. The van der Waals surface area contributed by atoms with Gasteiger partial charge in [0.1, 0.15) is 5.75 Å². The first-order valence-corrected chi connectivity index (χ1v) is 23.2. The lowest BCUT2D eigenvalue weighted by atomic mass is 10.0. The summed E-state index contributed by atoms with van der Waals surface area (Å²) in [5.74, 6) is -0.359. The Balaban J connectivity index is 1.23. The molecule has 59 heavy (non-hydrogen) atoms. The molecule has 0 saturated heterocycles. The third kappa shape index (κ3) is 14.6. The monoisotopic (exact) mass is 860 g/mol. The number of phenolic OH excluding ortho intramolecular Hbond substituents is 1. The first-order valence-electron chi connectivity index (χ1n) is 20.5. The maximum Gasteiger partial charge on any atom is 0.224 e. The molecule has 0 saturated carbocycles. The van der Waals surface area contributed by atoms with E-state index in [1.807, 2.05) is 60.9 Å². The molecule has 0 bridgehead atoms. The van der Waals surface area contributed by atoms with Crippen LogP contribution in [0, 0.1) is 0 Å². The van der Waals surface area contributed by atoms with Crippen molar-refractivity contribution in [3.05, 3.63) is 72.8 Å². The molecule has 1 aromatic heterocycles. The summed E-state index contributed by atoms with van der Waals surface area (Å²) in [5.41, 5.74) is 8.75. The van der Waals surface area contributed by atoms with Crippen molar-refractivity contribution >= 4 is 81.2 Å². The predicted molar refractivity (Wildman–Crippen MR) is 242 cm³/mol. The summed E-state index contributed by atoms with van der Waals surface area (Å²) in [6.45, 7) is 4.00. The van der Waals surface area contributed by atoms with Gasteiger partial charge in [0, 0.05) is 57.4 Å². The Morgan fingerprint density at radius 1 is 0.729 bits per heavy atom. The Morgan fingerprint density at radius 3 is 2.15 bits per heavy atom. The first kappa shape index (κ1) is 45.6. The molecule has 0 aliphatic carbocycles. The fraction of sp³-hybridized carbons (Fsp3) is 0.419. The molecule has 0 fully saturated rings. The molecule has 0 unspecified atom stereocenters. The molecule has 5 N–H and O–H groups in total. The smallest absolute Gasteiger partial charge is 0.224 e. The number of aromatic nitrogens is 4. The first-order chi connectivity index (χ1) is 28.9. The third-order valence-corrected chi connectivity index (χ3v) is 11.4. The van der Waals surface area contributed by atoms with E-state index < -0.39 is 0 Å². The number of phenols is 1. The highest BCUT2D eigenvalue weighted by atomic mass is 32.2. The van der Waals surface area contributed by atoms with Crippen molar-refractivity contribution in [2.24, 2.45) is 0 Å². The SMILES string of the molecule is CCCCCCCCCCCCCCCC(=O)Nc1cccc(-n2nnnc2Sc2cc(NC(=O)CC)c(O)c3cccc(NOSc4cccc(NOSC)c4)c23)c1. The molecule has 316 valence electrons. The number of benzene rings is 4. The number of carbonyl (C=O) groups excluding carboxylic acids is 2. The van der Waals surface area contributed by atoms with Crippen LogP contribution in [-0.2, 0) is 18.2 Å². The number of carbonyl (C=O) groups is 2. The Hall–Kier alpha value is -4.48. The second-order valence-electron chi connectivity index (χ2n) is 14.1. The Kier molecular flexibility index (Phi) is 19.5. The van der Waals surface area contributed by atoms with Crippen molar-refractivity contribution in [1.82, 2.24) is 20.2 Å². The van der Waals surface area contributed by atoms with E-state index in [0.717, 1.165) is 41.9 Å². The highest BCUT2D eigenvalue weighted by molar-refractivity contribution is 7.99. The number of nitrogens with one attached hydrogen (secondary N) is 4. The fourth-order valence-electron chi connectivity index (χ4n) is 6.49. The number of hydrogen-bond donors (Lipinski definition) is 5. The largest absolute Gasteiger partial charge is 0.505 e. The minimum atomic E-state index is -0.248. The van der Waals surface area contributed by atoms with Gasteiger partial charge in [0.05, 0.1) is 34.8 Å². The standard InChI is InChI=1S/C43H56N8O5S3/c1-4-6-7-8-9-10-11-12-13-14-15-16-17-27-40(53)44-31-21-18-23-33(28-31)51-43(46-49-50-51)58-38-30-37(45-39(52)5-2)42(54)35-25-20-26-36(41(35)38)48-56-59-34-24-19-22-32(29-34)47-55-57-3/h18-26,28-30,47-48,54H,4-17,27H2,1-3H3,(H,44,53)(H,45,52). The summed E-state index contributed by atoms with van der Waals surface area (Å²) in [7, 11) is 0. The van der Waals surface area contributed by atoms with Gasteiger partial charge in [0.15, 0.2) is 0 Å². The molecule has 5 aromatic rings. The molecule has 0 radical (unpaired) electrons. The number of aromatic hydroxyl groups is 1. The summed E-state index contributed by atoms with van der Waals surface area (Å²) in [4.78, 5) is 26.8. The van der Waals surface area contributed by atoms with Crippen molar-refractivity contribution in [3.63, 3.8) is 0 Å². The zero-order chi connectivity index (χ0) is 41.7. The van der Waals surface area contributed by atoms with Crippen molar-refractivity contribution in [2.75, 3.05) is 27.8 Å². The lowest BCUT2D eigenvalue weighted by molar-refractivity contribution is -0.117. The molecule has 0 spiro atoms. The van der Waals surface area contributed by atoms with Crippen molar-refractivity contribution in [1.29, 1.82) is 0 Å². The van der Waals surface area contributed by atoms with Gasteiger partial charge in [-0.25, -0.2) is 4.28 Å². The van der Waals surface area contributed by atoms with E-state index >= 15 is 0 Å². The van der Waals surface area contributed by atoms with E-state index in [9.17, 15) is 14.7 Å². The molecular weight excluding hydrogens is 805 g/mol. The molecule has 5 rings (SSSR count). The van der Waals surface area contributed by atoms with Crippen LogP contribution in [0.3, 0.4) is 0 Å². The third-order valence-electron chi connectivity index (χ3n) is 9.58. The van der Waals surface area contributed by atoms with Crippen molar-refractivity contribution < 1.29 is 23.3 Å². The molecule has 16 heteroatoms. The average molecular weight is 861 g/mol. The molecule has 0 atom stereocenters. The van der Waals surface area contributed by atoms with E-state index in [0.29, 0.717) is 44.3 Å². The zero-order valence-corrected chi connectivity index (χ0v) is 36.6. The quantitative estimate of drug-likeness (QED) is 0.0147. The Morgan fingerprint density at radius 2 is 1.42 bits per heavy atom. The van der Waals surface area contributed by atoms with Crippen LogP contribution in [0.2, 0.25) is 0 Å². The topological polar surface area (TPSA) is 165 Å². The zero-order valence-electron chi connectivity index (χ0n) is 34.1. The van der Waals surface area contributed by atoms with Crippen LogP contribution in [0.5, 0.6) is 5.75 Å². The van der Waals surface area contributed by atoms with Crippen LogP contribution in [0.4, 0.5) is 22.7 Å². The van der Waals surface area contributed by atoms with Gasteiger partial charge in [-0.05, 0) is 77.1 Å². The number of nitrogens with zero attached hydrogens (tertiary/aromatic N) is 4. The van der Waals surface area contributed by atoms with Crippen molar-refractivity contribution in [2.45, 2.75) is 125 Å². The number of fused-ring (bicyclic) bond motifs is 1. The number of tetrazole rings is 1. The van der Waals surface area contributed by atoms with Crippen LogP contribution in [-0.4, -0.2) is 43.4 Å². The average Bonchev–Trinajstić information content (AvgIpc) is 3.71. The van der Waals surface area contributed by atoms with E-state index in [4.69, 9.17) is 8.57 Å². The molecule has 13 nitrogen and oxygen atoms in total. The molecule has 0 aliphatic rings. The van der Waals surface area contributed by atoms with Gasteiger partial charge in [-0.15, -0.1) is 5.10 Å². The fourth-order valence-corrected chi connectivity index (χ4v) is 8.21. The molecule has 0 aliphatic heterocycles. The van der Waals surface area contributed by atoms with E-state index in [-0.39, 0.29) is 29.7 Å². The van der Waals surface area contributed by atoms with Crippen LogP contribution >= 0.6 is 35.8 Å². The van der Waals surface area contributed by atoms with Gasteiger partial charge in [-0.1, -0.05) is 115 Å². The second-order valence-corrected chi connectivity index (χ2v) is 16.4. The number of anilines is 4. The summed E-state index contributed by atoms with van der Waals surface area (Å²) >= 11 is 3.57. The summed E-state index contributed by atoms with van der Waals surface area (Å²) in [5, 5.41) is 31.3. The predicted octanol–water partition coefficient (Wildman–Crippen LogP) is 12.1. The molecule has 1 heterocycles. The maximum absolute atomic E-state index is 12.9. The van der Waals surface area contributed by atoms with E-state index in [1.54, 1.807) is 29.8 Å². The number of unbranched alkanes of at least 4 members (excludes halogenated alkanes) is 12. The summed E-state index contributed by atoms with van der Waals surface area (Å²) in [6.07, 6.45) is 18.9. The molecular formula is C43H56N8O5S3. The highest BCUT2D eigenvalue weighted by Gasteiger charge is 2.20. The van der Waals surface area contributed by atoms with E-state index in [1.165, 1.54) is 88.0 Å². The Labute approximate surface area is 360 Å². The van der Waals surface area contributed by atoms with Gasteiger partial charge < -0.3 is 15.7 Å². The lowest BCUT2D eigenvalue weighted by Gasteiger charge is -2.17. The Bertz CT molecular complexity index is 2080. The molecule has 4 aromatic carbocycles. The number of amides is 2. The van der Waals surface area contributed by atoms with Gasteiger partial charge in [0.2, 0.25) is 17.0 Å². The summed E-state index contributed by atoms with van der Waals surface area (Å²) in [6, 6.07) is 22.0. The summed E-state index contributed by atoms with van der Waals surface area (Å²) < 4.78 is 12.7. The van der Waals surface area contributed by atoms with Crippen LogP contribution in [0.15, 0.2) is 87.7 Å². The normalized spacial score (nSPS) is 11.2.